The van der Waals surface area contributed by atoms with Crippen molar-refractivity contribution >= 4 is 0 Å². The van der Waals surface area contributed by atoms with E-state index in [0.29, 0.717) is 26.2 Å². The lowest BCUT2D eigenvalue weighted by molar-refractivity contribution is -0.00273. The van der Waals surface area contributed by atoms with Gasteiger partial charge < -0.3 is 15.2 Å². The van der Waals surface area contributed by atoms with E-state index in [0.717, 1.165) is 23.4 Å². The Labute approximate surface area is 125 Å². The van der Waals surface area contributed by atoms with Gasteiger partial charge in [-0.25, -0.2) is 0 Å². The zero-order chi connectivity index (χ0) is 15.1. The molecule has 0 aromatic heterocycles. The largest absolute Gasteiger partial charge is 0.497 e. The second-order valence-electron chi connectivity index (χ2n) is 4.75. The maximum Gasteiger partial charge on any atom is 0.156 e. The second-order valence-corrected chi connectivity index (χ2v) is 4.75. The third kappa shape index (κ3) is 4.21. The van der Waals surface area contributed by atoms with Gasteiger partial charge in [0.2, 0.25) is 0 Å². The Morgan fingerprint density at radius 3 is 3.10 bits per heavy atom. The van der Waals surface area contributed by atoms with Crippen molar-refractivity contribution < 1.29 is 9.47 Å². The van der Waals surface area contributed by atoms with Crippen LogP contribution in [0.4, 0.5) is 0 Å². The summed E-state index contributed by atoms with van der Waals surface area (Å²) in [5, 5.41) is 8.97. The number of morpholine rings is 1. The number of benzene rings is 1. The molecule has 1 unspecified atom stereocenters. The molecular weight excluding hydrogens is 266 g/mol. The third-order valence-electron chi connectivity index (χ3n) is 3.33. The maximum atomic E-state index is 8.97. The van der Waals surface area contributed by atoms with E-state index in [1.807, 2.05) is 18.2 Å². The van der Waals surface area contributed by atoms with Crippen LogP contribution in [-0.4, -0.2) is 44.4 Å². The summed E-state index contributed by atoms with van der Waals surface area (Å²) in [4.78, 5) is 2.19. The monoisotopic (exact) mass is 285 g/mol. The molecule has 1 atom stereocenters. The molecule has 1 aromatic carbocycles. The van der Waals surface area contributed by atoms with E-state index in [1.165, 1.54) is 0 Å². The Morgan fingerprint density at radius 2 is 2.38 bits per heavy atom. The molecule has 0 spiro atoms. The van der Waals surface area contributed by atoms with Crippen LogP contribution in [0, 0.1) is 23.2 Å². The highest BCUT2D eigenvalue weighted by molar-refractivity contribution is 5.45. The quantitative estimate of drug-likeness (QED) is 0.829. The number of ether oxygens (including phenoxy) is 2. The van der Waals surface area contributed by atoms with Crippen molar-refractivity contribution in [1.82, 2.24) is 4.90 Å². The van der Waals surface area contributed by atoms with Gasteiger partial charge in [-0.2, -0.15) is 5.26 Å². The van der Waals surface area contributed by atoms with E-state index < -0.39 is 0 Å². The Balaban J connectivity index is 2.18. The van der Waals surface area contributed by atoms with Crippen LogP contribution in [0.25, 0.3) is 0 Å². The summed E-state index contributed by atoms with van der Waals surface area (Å²) in [5.74, 6) is 6.77. The summed E-state index contributed by atoms with van der Waals surface area (Å²) in [6.45, 7) is 3.04. The van der Waals surface area contributed by atoms with Gasteiger partial charge in [0.1, 0.15) is 5.75 Å². The average Bonchev–Trinajstić information content (AvgIpc) is 2.53. The highest BCUT2D eigenvalue weighted by Crippen LogP contribution is 2.20. The Bertz CT molecular complexity index is 583. The lowest BCUT2D eigenvalue weighted by Crippen LogP contribution is -2.41. The third-order valence-corrected chi connectivity index (χ3v) is 3.33. The molecule has 1 aliphatic rings. The first-order valence-corrected chi connectivity index (χ1v) is 6.86. The number of hydrogen-bond donors (Lipinski definition) is 1. The van der Waals surface area contributed by atoms with Crippen LogP contribution in [0.1, 0.15) is 11.1 Å². The van der Waals surface area contributed by atoms with E-state index in [2.05, 4.69) is 22.8 Å². The van der Waals surface area contributed by atoms with E-state index in [4.69, 9.17) is 20.5 Å². The summed E-state index contributed by atoms with van der Waals surface area (Å²) in [6, 6.07) is 7.98. The van der Waals surface area contributed by atoms with Gasteiger partial charge >= 0.3 is 0 Å². The maximum absolute atomic E-state index is 8.97. The average molecular weight is 285 g/mol. The Hall–Kier alpha value is -2.05. The topological polar surface area (TPSA) is 71.5 Å². The van der Waals surface area contributed by atoms with Crippen LogP contribution < -0.4 is 10.5 Å². The minimum atomic E-state index is -0.358. The molecule has 1 saturated heterocycles. The smallest absolute Gasteiger partial charge is 0.156 e. The minimum Gasteiger partial charge on any atom is -0.497 e. The van der Waals surface area contributed by atoms with E-state index >= 15 is 0 Å². The van der Waals surface area contributed by atoms with Gasteiger partial charge in [-0.1, -0.05) is 11.8 Å². The highest BCUT2D eigenvalue weighted by Gasteiger charge is 2.20. The highest BCUT2D eigenvalue weighted by atomic mass is 16.5. The molecule has 1 aliphatic heterocycles. The van der Waals surface area contributed by atoms with Crippen molar-refractivity contribution in [2.75, 3.05) is 33.4 Å². The summed E-state index contributed by atoms with van der Waals surface area (Å²) in [5.41, 5.74) is 7.46. The molecule has 0 amide bonds. The molecule has 5 nitrogen and oxygen atoms in total. The first kappa shape index (κ1) is 15.3. The SMILES string of the molecule is COc1ccc(C#CCN)c(CN2CCOC(C#N)C2)c1. The molecule has 5 heteroatoms. The molecule has 1 aromatic rings. The van der Waals surface area contributed by atoms with E-state index in [1.54, 1.807) is 7.11 Å². The molecule has 2 rings (SSSR count). The molecule has 0 aliphatic carbocycles. The standard InChI is InChI=1S/C16H19N3O2/c1-20-15-5-4-13(3-2-6-17)14(9-15)11-19-7-8-21-16(10-18)12-19/h4-5,9,16H,6-8,11-12,17H2,1H3. The molecule has 0 radical (unpaired) electrons. The van der Waals surface area contributed by atoms with Crippen LogP contribution in [0.15, 0.2) is 18.2 Å². The van der Waals surface area contributed by atoms with Crippen molar-refractivity contribution in [3.05, 3.63) is 29.3 Å². The summed E-state index contributed by atoms with van der Waals surface area (Å²) < 4.78 is 10.6. The van der Waals surface area contributed by atoms with Crippen molar-refractivity contribution in [2.45, 2.75) is 12.6 Å². The Kier molecular flexibility index (Phi) is 5.59. The molecule has 0 saturated carbocycles. The molecule has 2 N–H and O–H groups in total. The predicted octanol–water partition coefficient (Wildman–Crippen LogP) is 0.730. The van der Waals surface area contributed by atoms with Crippen molar-refractivity contribution in [3.63, 3.8) is 0 Å². The fraction of sp³-hybridized carbons (Fsp3) is 0.438. The minimum absolute atomic E-state index is 0.333. The first-order valence-electron chi connectivity index (χ1n) is 6.86. The van der Waals surface area contributed by atoms with Gasteiger partial charge in [-0.05, 0) is 23.8 Å². The summed E-state index contributed by atoms with van der Waals surface area (Å²) in [7, 11) is 1.64. The predicted molar refractivity (Wildman–Crippen MR) is 79.6 cm³/mol. The van der Waals surface area contributed by atoms with E-state index in [9.17, 15) is 0 Å². The van der Waals surface area contributed by atoms with Gasteiger partial charge in [0.25, 0.3) is 0 Å². The summed E-state index contributed by atoms with van der Waals surface area (Å²) >= 11 is 0. The molecule has 1 fully saturated rings. The molecule has 110 valence electrons. The Morgan fingerprint density at radius 1 is 1.52 bits per heavy atom. The van der Waals surface area contributed by atoms with Gasteiger partial charge in [-0.15, -0.1) is 0 Å². The van der Waals surface area contributed by atoms with Crippen LogP contribution in [0.3, 0.4) is 0 Å². The fourth-order valence-electron chi connectivity index (χ4n) is 2.26. The van der Waals surface area contributed by atoms with Gasteiger partial charge in [0.05, 0.1) is 26.3 Å². The lowest BCUT2D eigenvalue weighted by Gasteiger charge is -2.30. The van der Waals surface area contributed by atoms with Crippen molar-refractivity contribution in [2.24, 2.45) is 5.73 Å². The summed E-state index contributed by atoms with van der Waals surface area (Å²) in [6.07, 6.45) is -0.358. The van der Waals surface area contributed by atoms with Gasteiger partial charge in [0.15, 0.2) is 6.10 Å². The normalized spacial score (nSPS) is 18.4. The number of nitrogens with two attached hydrogens (primary N) is 1. The molecule has 0 bridgehead atoms. The molecule has 1 heterocycles. The van der Waals surface area contributed by atoms with Crippen LogP contribution >= 0.6 is 0 Å². The van der Waals surface area contributed by atoms with Gasteiger partial charge in [0, 0.05) is 25.2 Å². The molecule has 21 heavy (non-hydrogen) atoms. The van der Waals surface area contributed by atoms with Crippen LogP contribution in [-0.2, 0) is 11.3 Å². The molecular formula is C16H19N3O2. The zero-order valence-corrected chi connectivity index (χ0v) is 12.1. The fourth-order valence-corrected chi connectivity index (χ4v) is 2.26. The van der Waals surface area contributed by atoms with Gasteiger partial charge in [-0.3, -0.25) is 4.90 Å². The van der Waals surface area contributed by atoms with Crippen LogP contribution in [0.5, 0.6) is 5.75 Å². The van der Waals surface area contributed by atoms with Crippen molar-refractivity contribution in [1.29, 1.82) is 5.26 Å². The van der Waals surface area contributed by atoms with E-state index in [-0.39, 0.29) is 6.10 Å². The number of rotatable bonds is 3. The number of nitrogens with zero attached hydrogens (tertiary/aromatic N) is 2. The van der Waals surface area contributed by atoms with Crippen molar-refractivity contribution in [3.8, 4) is 23.7 Å². The second kappa shape index (κ2) is 7.66. The number of nitriles is 1. The number of methoxy groups -OCH3 is 1. The zero-order valence-electron chi connectivity index (χ0n) is 12.1. The first-order chi connectivity index (χ1) is 10.3. The van der Waals surface area contributed by atoms with Crippen LogP contribution in [0.2, 0.25) is 0 Å². The number of hydrogen-bond acceptors (Lipinski definition) is 5. The lowest BCUT2D eigenvalue weighted by atomic mass is 10.1.